The molecule has 0 aromatic carbocycles. The molecule has 1 rings (SSSR count). The van der Waals surface area contributed by atoms with Crippen LogP contribution >= 0.6 is 0 Å². The van der Waals surface area contributed by atoms with E-state index >= 15 is 0 Å². The Balaban J connectivity index is 2.84. The molecule has 0 saturated heterocycles. The van der Waals surface area contributed by atoms with E-state index < -0.39 is 0 Å². The van der Waals surface area contributed by atoms with Crippen molar-refractivity contribution in [3.63, 3.8) is 0 Å². The summed E-state index contributed by atoms with van der Waals surface area (Å²) < 4.78 is 0. The second-order valence-electron chi connectivity index (χ2n) is 2.41. The highest BCUT2D eigenvalue weighted by atomic mass is 16.1. The Morgan fingerprint density at radius 2 is 2.11 bits per heavy atom. The minimum atomic E-state index is 0.0961. The first-order valence-corrected chi connectivity index (χ1v) is 3.16. The second-order valence-corrected chi connectivity index (χ2v) is 2.41. The normalized spacial score (nSPS) is 20.0. The Labute approximate surface area is 54.9 Å². The Bertz CT molecular complexity index is 170. The molecule has 0 spiro atoms. The van der Waals surface area contributed by atoms with E-state index in [1.54, 1.807) is 0 Å². The van der Waals surface area contributed by atoms with Crippen LogP contribution in [0.5, 0.6) is 0 Å². The number of carbonyl (C=O) groups excluding carboxylic acids is 1. The van der Waals surface area contributed by atoms with E-state index in [0.717, 1.165) is 18.5 Å². The van der Waals surface area contributed by atoms with Crippen molar-refractivity contribution in [3.8, 4) is 0 Å². The zero-order valence-electron chi connectivity index (χ0n) is 5.82. The van der Waals surface area contributed by atoms with Crippen LogP contribution in [-0.2, 0) is 4.79 Å². The average Bonchev–Trinajstić information content (AvgIpc) is 1.83. The molecule has 1 aliphatic rings. The maximum absolute atomic E-state index is 10.8. The zero-order valence-corrected chi connectivity index (χ0v) is 5.82. The Kier molecular flexibility index (Phi) is 1.56. The van der Waals surface area contributed by atoms with Gasteiger partial charge < -0.3 is 5.32 Å². The molecule has 0 bridgehead atoms. The first kappa shape index (κ1) is 6.33. The van der Waals surface area contributed by atoms with Gasteiger partial charge in [0.25, 0.3) is 0 Å². The van der Waals surface area contributed by atoms with E-state index in [4.69, 9.17) is 0 Å². The summed E-state index contributed by atoms with van der Waals surface area (Å²) in [4.78, 5) is 10.8. The van der Waals surface area contributed by atoms with Crippen molar-refractivity contribution in [2.45, 2.75) is 20.3 Å². The third-order valence-corrected chi connectivity index (χ3v) is 1.77. The van der Waals surface area contributed by atoms with Crippen LogP contribution in [0.1, 0.15) is 20.3 Å². The monoisotopic (exact) mass is 125 g/mol. The molecule has 1 N–H and O–H groups in total. The molecule has 0 unspecified atom stereocenters. The van der Waals surface area contributed by atoms with Crippen LogP contribution in [0.15, 0.2) is 11.1 Å². The minimum Gasteiger partial charge on any atom is -0.352 e. The van der Waals surface area contributed by atoms with Crippen LogP contribution in [0.2, 0.25) is 0 Å². The summed E-state index contributed by atoms with van der Waals surface area (Å²) in [6.07, 6.45) is 1.01. The van der Waals surface area contributed by atoms with Gasteiger partial charge in [0, 0.05) is 12.1 Å². The molecule has 0 atom stereocenters. The molecule has 0 aliphatic carbocycles. The molecular weight excluding hydrogens is 114 g/mol. The summed E-state index contributed by atoms with van der Waals surface area (Å²) >= 11 is 0. The van der Waals surface area contributed by atoms with Crippen LogP contribution in [0, 0.1) is 0 Å². The molecule has 2 heteroatoms. The lowest BCUT2D eigenvalue weighted by Crippen LogP contribution is -2.29. The summed E-state index contributed by atoms with van der Waals surface area (Å²) in [7, 11) is 0. The van der Waals surface area contributed by atoms with Crippen molar-refractivity contribution in [3.05, 3.63) is 11.1 Å². The first-order chi connectivity index (χ1) is 4.22. The SMILES string of the molecule is CC1=C(C)C(=O)NCC1. The van der Waals surface area contributed by atoms with Gasteiger partial charge in [0.05, 0.1) is 0 Å². The fraction of sp³-hybridized carbons (Fsp3) is 0.571. The zero-order chi connectivity index (χ0) is 6.85. The minimum absolute atomic E-state index is 0.0961. The quantitative estimate of drug-likeness (QED) is 0.510. The number of rotatable bonds is 0. The molecule has 2 nitrogen and oxygen atoms in total. The lowest BCUT2D eigenvalue weighted by atomic mass is 10.0. The lowest BCUT2D eigenvalue weighted by molar-refractivity contribution is -0.117. The average molecular weight is 125 g/mol. The van der Waals surface area contributed by atoms with Crippen LogP contribution in [0.25, 0.3) is 0 Å². The first-order valence-electron chi connectivity index (χ1n) is 3.16. The lowest BCUT2D eigenvalue weighted by Gasteiger charge is -2.14. The number of nitrogens with one attached hydrogen (secondary N) is 1. The molecule has 0 saturated carbocycles. The van der Waals surface area contributed by atoms with E-state index in [9.17, 15) is 4.79 Å². The molecule has 0 aromatic heterocycles. The van der Waals surface area contributed by atoms with Gasteiger partial charge >= 0.3 is 0 Å². The van der Waals surface area contributed by atoms with Gasteiger partial charge in [-0.15, -0.1) is 0 Å². The molecule has 1 heterocycles. The Morgan fingerprint density at radius 1 is 1.44 bits per heavy atom. The van der Waals surface area contributed by atoms with Gasteiger partial charge in [-0.05, 0) is 20.3 Å². The smallest absolute Gasteiger partial charge is 0.246 e. The Hall–Kier alpha value is -0.790. The van der Waals surface area contributed by atoms with Crippen molar-refractivity contribution >= 4 is 5.91 Å². The molecule has 1 amide bonds. The summed E-state index contributed by atoms with van der Waals surface area (Å²) in [6.45, 7) is 4.68. The number of amides is 1. The van der Waals surface area contributed by atoms with E-state index in [-0.39, 0.29) is 5.91 Å². The van der Waals surface area contributed by atoms with Gasteiger partial charge in [-0.3, -0.25) is 4.79 Å². The fourth-order valence-corrected chi connectivity index (χ4v) is 0.877. The van der Waals surface area contributed by atoms with Gasteiger partial charge in [-0.25, -0.2) is 0 Å². The van der Waals surface area contributed by atoms with E-state index in [0.29, 0.717) is 0 Å². The van der Waals surface area contributed by atoms with Crippen molar-refractivity contribution in [1.82, 2.24) is 5.32 Å². The van der Waals surface area contributed by atoms with E-state index in [2.05, 4.69) is 5.32 Å². The summed E-state index contributed by atoms with van der Waals surface area (Å²) in [5.41, 5.74) is 2.11. The van der Waals surface area contributed by atoms with Crippen LogP contribution in [-0.4, -0.2) is 12.5 Å². The third-order valence-electron chi connectivity index (χ3n) is 1.77. The third kappa shape index (κ3) is 1.12. The number of hydrogen-bond acceptors (Lipinski definition) is 1. The molecule has 1 aliphatic heterocycles. The molecular formula is C7H11NO. The summed E-state index contributed by atoms with van der Waals surface area (Å²) in [6, 6.07) is 0. The predicted molar refractivity (Wildman–Crippen MR) is 36.0 cm³/mol. The topological polar surface area (TPSA) is 29.1 Å². The van der Waals surface area contributed by atoms with Crippen LogP contribution in [0.3, 0.4) is 0 Å². The van der Waals surface area contributed by atoms with Gasteiger partial charge in [0.2, 0.25) is 5.91 Å². The second kappa shape index (κ2) is 2.21. The Morgan fingerprint density at radius 3 is 2.56 bits per heavy atom. The van der Waals surface area contributed by atoms with E-state index in [1.165, 1.54) is 5.57 Å². The van der Waals surface area contributed by atoms with Gasteiger partial charge in [0.1, 0.15) is 0 Å². The summed E-state index contributed by atoms with van der Waals surface area (Å²) in [5.74, 6) is 0.0961. The molecule has 0 fully saturated rings. The van der Waals surface area contributed by atoms with E-state index in [1.807, 2.05) is 13.8 Å². The van der Waals surface area contributed by atoms with Crippen LogP contribution in [0.4, 0.5) is 0 Å². The maximum Gasteiger partial charge on any atom is 0.246 e. The maximum atomic E-state index is 10.8. The van der Waals surface area contributed by atoms with Crippen LogP contribution < -0.4 is 5.32 Å². The fourth-order valence-electron chi connectivity index (χ4n) is 0.877. The highest BCUT2D eigenvalue weighted by molar-refractivity contribution is 5.94. The molecule has 50 valence electrons. The molecule has 0 radical (unpaired) electrons. The van der Waals surface area contributed by atoms with Gasteiger partial charge in [-0.2, -0.15) is 0 Å². The number of carbonyl (C=O) groups is 1. The highest BCUT2D eigenvalue weighted by Gasteiger charge is 2.11. The van der Waals surface area contributed by atoms with Gasteiger partial charge in [0.15, 0.2) is 0 Å². The van der Waals surface area contributed by atoms with Gasteiger partial charge in [-0.1, -0.05) is 5.57 Å². The molecule has 0 aromatic rings. The summed E-state index contributed by atoms with van der Waals surface area (Å²) in [5, 5.41) is 2.77. The standard InChI is InChI=1S/C7H11NO/c1-5-3-4-8-7(9)6(5)2/h3-4H2,1-2H3,(H,8,9). The largest absolute Gasteiger partial charge is 0.352 e. The number of hydrogen-bond donors (Lipinski definition) is 1. The van der Waals surface area contributed by atoms with Crippen molar-refractivity contribution in [2.24, 2.45) is 0 Å². The highest BCUT2D eigenvalue weighted by Crippen LogP contribution is 2.10. The molecule has 9 heavy (non-hydrogen) atoms. The predicted octanol–water partition coefficient (Wildman–Crippen LogP) is 0.843. The van der Waals surface area contributed by atoms with Crippen molar-refractivity contribution in [2.75, 3.05) is 6.54 Å². The van der Waals surface area contributed by atoms with Crippen molar-refractivity contribution < 1.29 is 4.79 Å². The van der Waals surface area contributed by atoms with Crippen molar-refractivity contribution in [1.29, 1.82) is 0 Å².